The Bertz CT molecular complexity index is 550. The normalized spacial score (nSPS) is 13.1. The maximum Gasteiger partial charge on any atom is 0.111 e. The molecule has 1 unspecified atom stereocenters. The molecule has 1 aromatic heterocycles. The molecule has 0 aliphatic heterocycles. The number of halogens is 1. The smallest absolute Gasteiger partial charge is 0.111 e. The number of alkyl halides is 1. The first-order valence-electron chi connectivity index (χ1n) is 6.78. The van der Waals surface area contributed by atoms with Gasteiger partial charge in [0.1, 0.15) is 5.82 Å². The Hall–Kier alpha value is -0.670. The Morgan fingerprint density at radius 3 is 2.89 bits per heavy atom. The molecular formula is C15H21ClN2S. The van der Waals surface area contributed by atoms with Crippen LogP contribution in [0.2, 0.25) is 0 Å². The van der Waals surface area contributed by atoms with E-state index in [1.807, 2.05) is 11.8 Å². The molecule has 2 aromatic rings. The molecule has 0 aliphatic carbocycles. The minimum absolute atomic E-state index is 0.454. The van der Waals surface area contributed by atoms with Gasteiger partial charge in [0.05, 0.1) is 11.0 Å². The van der Waals surface area contributed by atoms with Crippen molar-refractivity contribution in [3.05, 3.63) is 29.6 Å². The largest absolute Gasteiger partial charge is 0.324 e. The van der Waals surface area contributed by atoms with Crippen LogP contribution in [0.5, 0.6) is 0 Å². The maximum atomic E-state index is 5.92. The SMILES string of the molecule is CCSCC(C)n1c(CCCl)nc2ccc(C)cc21. The van der Waals surface area contributed by atoms with Crippen LogP contribution in [0.1, 0.15) is 31.3 Å². The predicted octanol–water partition coefficient (Wildman–Crippen LogP) is 4.44. The molecule has 4 heteroatoms. The minimum atomic E-state index is 0.454. The third kappa shape index (κ3) is 3.26. The van der Waals surface area contributed by atoms with E-state index in [9.17, 15) is 0 Å². The summed E-state index contributed by atoms with van der Waals surface area (Å²) in [6, 6.07) is 6.91. The summed E-state index contributed by atoms with van der Waals surface area (Å²) in [5.41, 5.74) is 3.60. The van der Waals surface area contributed by atoms with Crippen LogP contribution in [0.25, 0.3) is 11.0 Å². The molecule has 0 amide bonds. The number of thioether (sulfide) groups is 1. The van der Waals surface area contributed by atoms with Gasteiger partial charge in [-0.25, -0.2) is 4.98 Å². The summed E-state index contributed by atoms with van der Waals surface area (Å²) in [6.07, 6.45) is 0.830. The van der Waals surface area contributed by atoms with Crippen LogP contribution in [0.4, 0.5) is 0 Å². The zero-order valence-corrected chi connectivity index (χ0v) is 13.4. The topological polar surface area (TPSA) is 17.8 Å². The summed E-state index contributed by atoms with van der Waals surface area (Å²) < 4.78 is 2.37. The van der Waals surface area contributed by atoms with Gasteiger partial charge in [-0.2, -0.15) is 11.8 Å². The molecule has 0 radical (unpaired) electrons. The number of fused-ring (bicyclic) bond motifs is 1. The number of nitrogens with zero attached hydrogens (tertiary/aromatic N) is 2. The van der Waals surface area contributed by atoms with Crippen LogP contribution in [-0.4, -0.2) is 26.9 Å². The molecule has 1 atom stereocenters. The molecule has 0 N–H and O–H groups in total. The molecule has 0 saturated heterocycles. The second-order valence-electron chi connectivity index (χ2n) is 4.84. The first kappa shape index (κ1) is 14.7. The average Bonchev–Trinajstić information content (AvgIpc) is 2.73. The fourth-order valence-corrected chi connectivity index (χ4v) is 3.26. The lowest BCUT2D eigenvalue weighted by atomic mass is 10.2. The number of rotatable bonds is 6. The Morgan fingerprint density at radius 2 is 2.21 bits per heavy atom. The molecule has 0 fully saturated rings. The summed E-state index contributed by atoms with van der Waals surface area (Å²) in [5, 5.41) is 0. The van der Waals surface area contributed by atoms with Crippen molar-refractivity contribution >= 4 is 34.4 Å². The number of aryl methyl sites for hydroxylation is 2. The van der Waals surface area contributed by atoms with E-state index in [0.717, 1.165) is 29.3 Å². The second kappa shape index (κ2) is 6.67. The van der Waals surface area contributed by atoms with Crippen LogP contribution >= 0.6 is 23.4 Å². The molecule has 0 aliphatic rings. The van der Waals surface area contributed by atoms with Crippen molar-refractivity contribution in [2.75, 3.05) is 17.4 Å². The first-order chi connectivity index (χ1) is 9.17. The van der Waals surface area contributed by atoms with Crippen LogP contribution in [-0.2, 0) is 6.42 Å². The van der Waals surface area contributed by atoms with E-state index in [1.54, 1.807) is 0 Å². The van der Waals surface area contributed by atoms with Gasteiger partial charge in [-0.3, -0.25) is 0 Å². The first-order valence-corrected chi connectivity index (χ1v) is 8.47. The number of benzene rings is 1. The van der Waals surface area contributed by atoms with Crippen LogP contribution in [0, 0.1) is 6.92 Å². The molecule has 19 heavy (non-hydrogen) atoms. The van der Waals surface area contributed by atoms with Crippen LogP contribution in [0.3, 0.4) is 0 Å². The lowest BCUT2D eigenvalue weighted by Crippen LogP contribution is -2.12. The van der Waals surface area contributed by atoms with Gasteiger partial charge >= 0.3 is 0 Å². The highest BCUT2D eigenvalue weighted by Crippen LogP contribution is 2.25. The molecule has 0 saturated carbocycles. The molecule has 104 valence electrons. The number of hydrogen-bond donors (Lipinski definition) is 0. The average molecular weight is 297 g/mol. The number of imidazole rings is 1. The van der Waals surface area contributed by atoms with Crippen molar-refractivity contribution in [1.82, 2.24) is 9.55 Å². The summed E-state index contributed by atoms with van der Waals surface area (Å²) in [4.78, 5) is 4.74. The van der Waals surface area contributed by atoms with Gasteiger partial charge < -0.3 is 4.57 Å². The zero-order valence-electron chi connectivity index (χ0n) is 11.8. The predicted molar refractivity (Wildman–Crippen MR) is 86.6 cm³/mol. The number of hydrogen-bond acceptors (Lipinski definition) is 2. The molecular weight excluding hydrogens is 276 g/mol. The molecule has 2 nitrogen and oxygen atoms in total. The van der Waals surface area contributed by atoms with Crippen molar-refractivity contribution in [3.8, 4) is 0 Å². The van der Waals surface area contributed by atoms with E-state index in [0.29, 0.717) is 11.9 Å². The van der Waals surface area contributed by atoms with Crippen LogP contribution < -0.4 is 0 Å². The van der Waals surface area contributed by atoms with Gasteiger partial charge in [0.2, 0.25) is 0 Å². The van der Waals surface area contributed by atoms with Gasteiger partial charge in [0.25, 0.3) is 0 Å². The summed E-state index contributed by atoms with van der Waals surface area (Å²) >= 11 is 7.89. The van der Waals surface area contributed by atoms with Gasteiger partial charge in [-0.05, 0) is 37.3 Å². The maximum absolute atomic E-state index is 5.92. The highest BCUT2D eigenvalue weighted by atomic mass is 35.5. The Kier molecular flexibility index (Phi) is 5.17. The van der Waals surface area contributed by atoms with Crippen molar-refractivity contribution in [3.63, 3.8) is 0 Å². The van der Waals surface area contributed by atoms with E-state index >= 15 is 0 Å². The molecule has 2 rings (SSSR count). The monoisotopic (exact) mass is 296 g/mol. The minimum Gasteiger partial charge on any atom is -0.324 e. The molecule has 1 aromatic carbocycles. The third-order valence-electron chi connectivity index (χ3n) is 3.24. The molecule has 0 bridgehead atoms. The summed E-state index contributed by atoms with van der Waals surface area (Å²) in [5.74, 6) is 4.00. The molecule has 0 spiro atoms. The van der Waals surface area contributed by atoms with E-state index < -0.39 is 0 Å². The number of aromatic nitrogens is 2. The second-order valence-corrected chi connectivity index (χ2v) is 6.53. The van der Waals surface area contributed by atoms with Gasteiger partial charge in [0, 0.05) is 24.1 Å². The van der Waals surface area contributed by atoms with E-state index in [-0.39, 0.29) is 0 Å². The van der Waals surface area contributed by atoms with E-state index in [4.69, 9.17) is 16.6 Å². The van der Waals surface area contributed by atoms with E-state index in [2.05, 4.69) is 43.5 Å². The Balaban J connectivity index is 2.46. The van der Waals surface area contributed by atoms with Gasteiger partial charge in [-0.15, -0.1) is 11.6 Å². The van der Waals surface area contributed by atoms with Crippen LogP contribution in [0.15, 0.2) is 18.2 Å². The fraction of sp³-hybridized carbons (Fsp3) is 0.533. The van der Waals surface area contributed by atoms with Crippen molar-refractivity contribution in [1.29, 1.82) is 0 Å². The highest BCUT2D eigenvalue weighted by molar-refractivity contribution is 7.99. The standard InChI is InChI=1S/C15H21ClN2S/c1-4-19-10-12(3)18-14-9-11(2)5-6-13(14)17-15(18)7-8-16/h5-6,9,12H,4,7-8,10H2,1-3H3. The third-order valence-corrected chi connectivity index (χ3v) is 4.56. The fourth-order valence-electron chi connectivity index (χ4n) is 2.37. The van der Waals surface area contributed by atoms with Crippen molar-refractivity contribution < 1.29 is 0 Å². The Morgan fingerprint density at radius 1 is 1.42 bits per heavy atom. The lowest BCUT2D eigenvalue weighted by molar-refractivity contribution is 0.597. The van der Waals surface area contributed by atoms with Crippen molar-refractivity contribution in [2.45, 2.75) is 33.2 Å². The highest BCUT2D eigenvalue weighted by Gasteiger charge is 2.15. The Labute approximate surface area is 124 Å². The van der Waals surface area contributed by atoms with Gasteiger partial charge in [-0.1, -0.05) is 13.0 Å². The van der Waals surface area contributed by atoms with E-state index in [1.165, 1.54) is 11.1 Å². The summed E-state index contributed by atoms with van der Waals surface area (Å²) in [7, 11) is 0. The van der Waals surface area contributed by atoms with Crippen molar-refractivity contribution in [2.24, 2.45) is 0 Å². The summed E-state index contributed by atoms with van der Waals surface area (Å²) in [6.45, 7) is 6.60. The zero-order chi connectivity index (χ0) is 13.8. The lowest BCUT2D eigenvalue weighted by Gasteiger charge is -2.17. The molecule has 1 heterocycles. The quantitative estimate of drug-likeness (QED) is 0.733. The van der Waals surface area contributed by atoms with Gasteiger partial charge in [0.15, 0.2) is 0 Å².